The molecule has 0 aromatic heterocycles. The van der Waals surface area contributed by atoms with Crippen LogP contribution in [0, 0.1) is 0 Å². The Morgan fingerprint density at radius 3 is 2.82 bits per heavy atom. The summed E-state index contributed by atoms with van der Waals surface area (Å²) >= 11 is 0. The average molecular weight is 237 g/mol. The number of nitrogens with one attached hydrogen (secondary N) is 1. The molecule has 0 radical (unpaired) electrons. The standard InChI is InChI=1S/C11H15N3O3/c1-9(15)12-7-5-10(11(16)17)14-8-4-2-3-6-13-14/h2-4,6,8,10H,5,7H2,1H3,(H,12,15)(H,16,17). The molecular weight excluding hydrogens is 222 g/mol. The predicted octanol–water partition coefficient (Wildman–Crippen LogP) is 0.337. The highest BCUT2D eigenvalue weighted by Crippen LogP contribution is 2.07. The second-order valence-corrected chi connectivity index (χ2v) is 3.50. The largest absolute Gasteiger partial charge is 0.480 e. The maximum absolute atomic E-state index is 11.1. The van der Waals surface area contributed by atoms with E-state index in [-0.39, 0.29) is 12.3 Å². The smallest absolute Gasteiger partial charge is 0.328 e. The molecule has 1 unspecified atom stereocenters. The summed E-state index contributed by atoms with van der Waals surface area (Å²) in [6.07, 6.45) is 8.58. The van der Waals surface area contributed by atoms with Crippen molar-refractivity contribution in [3.63, 3.8) is 0 Å². The number of allylic oxidation sites excluding steroid dienone is 3. The SMILES string of the molecule is CC(=O)NCCC(C(=O)O)N1C=CC=CC=N1. The van der Waals surface area contributed by atoms with Gasteiger partial charge >= 0.3 is 5.97 Å². The van der Waals surface area contributed by atoms with Gasteiger partial charge in [-0.3, -0.25) is 9.80 Å². The first-order valence-electron chi connectivity index (χ1n) is 5.24. The van der Waals surface area contributed by atoms with Crippen LogP contribution in [-0.4, -0.2) is 40.8 Å². The third kappa shape index (κ3) is 4.50. The molecule has 1 aliphatic heterocycles. The Balaban J connectivity index is 2.59. The molecule has 0 saturated heterocycles. The molecule has 0 aliphatic carbocycles. The van der Waals surface area contributed by atoms with Gasteiger partial charge in [-0.15, -0.1) is 0 Å². The van der Waals surface area contributed by atoms with Crippen LogP contribution >= 0.6 is 0 Å². The lowest BCUT2D eigenvalue weighted by atomic mass is 10.2. The monoisotopic (exact) mass is 237 g/mol. The van der Waals surface area contributed by atoms with Gasteiger partial charge in [-0.1, -0.05) is 6.08 Å². The molecule has 2 N–H and O–H groups in total. The zero-order valence-electron chi connectivity index (χ0n) is 9.54. The van der Waals surface area contributed by atoms with Crippen molar-refractivity contribution < 1.29 is 14.7 Å². The van der Waals surface area contributed by atoms with Gasteiger partial charge in [-0.05, 0) is 18.6 Å². The van der Waals surface area contributed by atoms with Gasteiger partial charge in [0, 0.05) is 25.9 Å². The Morgan fingerprint density at radius 2 is 2.18 bits per heavy atom. The maximum Gasteiger partial charge on any atom is 0.328 e. The van der Waals surface area contributed by atoms with Crippen LogP contribution in [0.15, 0.2) is 29.5 Å². The number of aliphatic carboxylic acids is 1. The second-order valence-electron chi connectivity index (χ2n) is 3.50. The maximum atomic E-state index is 11.1. The van der Waals surface area contributed by atoms with E-state index in [4.69, 9.17) is 5.11 Å². The fraction of sp³-hybridized carbons (Fsp3) is 0.364. The molecule has 0 bridgehead atoms. The van der Waals surface area contributed by atoms with Gasteiger partial charge in [0.25, 0.3) is 0 Å². The van der Waals surface area contributed by atoms with Crippen molar-refractivity contribution in [1.82, 2.24) is 10.3 Å². The Morgan fingerprint density at radius 1 is 1.41 bits per heavy atom. The van der Waals surface area contributed by atoms with Crippen LogP contribution in [0.3, 0.4) is 0 Å². The van der Waals surface area contributed by atoms with Crippen molar-refractivity contribution in [1.29, 1.82) is 0 Å². The summed E-state index contributed by atoms with van der Waals surface area (Å²) in [5.74, 6) is -1.15. The number of rotatable bonds is 5. The number of hydrogen-bond acceptors (Lipinski definition) is 4. The lowest BCUT2D eigenvalue weighted by Gasteiger charge is -2.22. The van der Waals surface area contributed by atoms with Crippen molar-refractivity contribution in [2.24, 2.45) is 5.10 Å². The van der Waals surface area contributed by atoms with E-state index in [1.54, 1.807) is 24.4 Å². The van der Waals surface area contributed by atoms with E-state index in [0.717, 1.165) is 0 Å². The molecule has 6 nitrogen and oxygen atoms in total. The third-order valence-corrected chi connectivity index (χ3v) is 2.14. The molecule has 92 valence electrons. The number of carboxylic acids is 1. The topological polar surface area (TPSA) is 82.0 Å². The Hall–Kier alpha value is -2.11. The summed E-state index contributed by atoms with van der Waals surface area (Å²) in [6, 6.07) is -0.783. The quantitative estimate of drug-likeness (QED) is 0.722. The van der Waals surface area contributed by atoms with E-state index in [0.29, 0.717) is 6.54 Å². The molecule has 0 spiro atoms. The molecule has 1 amide bonds. The van der Waals surface area contributed by atoms with Crippen molar-refractivity contribution in [3.8, 4) is 0 Å². The van der Waals surface area contributed by atoms with E-state index in [1.807, 2.05) is 0 Å². The molecule has 1 aliphatic rings. The predicted molar refractivity (Wildman–Crippen MR) is 63.3 cm³/mol. The van der Waals surface area contributed by atoms with Crippen LogP contribution in [-0.2, 0) is 9.59 Å². The summed E-state index contributed by atoms with van der Waals surface area (Å²) in [5, 5.41) is 17.0. The minimum absolute atomic E-state index is 0.175. The van der Waals surface area contributed by atoms with E-state index >= 15 is 0 Å². The van der Waals surface area contributed by atoms with Crippen LogP contribution in [0.4, 0.5) is 0 Å². The molecule has 1 atom stereocenters. The van der Waals surface area contributed by atoms with Crippen molar-refractivity contribution in [2.75, 3.05) is 6.54 Å². The number of carbonyl (C=O) groups is 2. The van der Waals surface area contributed by atoms with Gasteiger partial charge in [-0.25, -0.2) is 4.79 Å². The molecule has 0 fully saturated rings. The summed E-state index contributed by atoms with van der Waals surface area (Å²) in [6.45, 7) is 1.70. The second kappa shape index (κ2) is 6.47. The lowest BCUT2D eigenvalue weighted by Crippen LogP contribution is -2.37. The molecule has 6 heteroatoms. The molecule has 0 aromatic carbocycles. The first kappa shape index (κ1) is 13.0. The zero-order chi connectivity index (χ0) is 12.7. The minimum atomic E-state index is -0.973. The highest BCUT2D eigenvalue weighted by molar-refractivity contribution is 5.76. The molecule has 17 heavy (non-hydrogen) atoms. The summed E-state index contributed by atoms with van der Waals surface area (Å²) in [7, 11) is 0. The molecule has 1 rings (SSSR count). The van der Waals surface area contributed by atoms with Gasteiger partial charge in [0.1, 0.15) is 0 Å². The van der Waals surface area contributed by atoms with Crippen LogP contribution in [0.5, 0.6) is 0 Å². The number of amides is 1. The first-order chi connectivity index (χ1) is 8.11. The van der Waals surface area contributed by atoms with Crippen LogP contribution < -0.4 is 5.32 Å². The van der Waals surface area contributed by atoms with Gasteiger partial charge in [0.2, 0.25) is 5.91 Å². The lowest BCUT2D eigenvalue weighted by molar-refractivity contribution is -0.142. The number of nitrogens with zero attached hydrogens (tertiary/aromatic N) is 2. The van der Waals surface area contributed by atoms with E-state index in [9.17, 15) is 9.59 Å². The summed E-state index contributed by atoms with van der Waals surface area (Å²) < 4.78 is 0. The number of carbonyl (C=O) groups excluding carboxylic acids is 1. The summed E-state index contributed by atoms with van der Waals surface area (Å²) in [4.78, 5) is 21.8. The molecular formula is C11H15N3O3. The fourth-order valence-electron chi connectivity index (χ4n) is 1.34. The van der Waals surface area contributed by atoms with E-state index in [2.05, 4.69) is 10.4 Å². The van der Waals surface area contributed by atoms with Crippen molar-refractivity contribution >= 4 is 18.1 Å². The van der Waals surface area contributed by atoms with E-state index in [1.165, 1.54) is 18.1 Å². The van der Waals surface area contributed by atoms with Gasteiger partial charge < -0.3 is 10.4 Å². The average Bonchev–Trinajstić information content (AvgIpc) is 2.52. The highest BCUT2D eigenvalue weighted by Gasteiger charge is 2.22. The van der Waals surface area contributed by atoms with E-state index < -0.39 is 12.0 Å². The molecule has 0 aromatic rings. The Bertz CT molecular complexity index is 358. The number of carboxylic acid groups (broad SMARTS) is 1. The number of hydrazone groups is 1. The van der Waals surface area contributed by atoms with Crippen LogP contribution in [0.25, 0.3) is 0 Å². The van der Waals surface area contributed by atoms with Crippen molar-refractivity contribution in [3.05, 3.63) is 24.4 Å². The Kier molecular flexibility index (Phi) is 4.93. The summed E-state index contributed by atoms with van der Waals surface area (Å²) in [5.41, 5.74) is 0. The fourth-order valence-corrected chi connectivity index (χ4v) is 1.34. The minimum Gasteiger partial charge on any atom is -0.480 e. The van der Waals surface area contributed by atoms with Crippen LogP contribution in [0.2, 0.25) is 0 Å². The van der Waals surface area contributed by atoms with Crippen molar-refractivity contribution in [2.45, 2.75) is 19.4 Å². The van der Waals surface area contributed by atoms with Gasteiger partial charge in [0.05, 0.1) is 0 Å². The first-order valence-corrected chi connectivity index (χ1v) is 5.24. The normalized spacial score (nSPS) is 15.5. The molecule has 1 heterocycles. The van der Waals surface area contributed by atoms with Gasteiger partial charge in [0.15, 0.2) is 6.04 Å². The number of hydrogen-bond donors (Lipinski definition) is 2. The zero-order valence-corrected chi connectivity index (χ0v) is 9.54. The highest BCUT2D eigenvalue weighted by atomic mass is 16.4. The molecule has 0 saturated carbocycles. The van der Waals surface area contributed by atoms with Crippen LogP contribution in [0.1, 0.15) is 13.3 Å². The van der Waals surface area contributed by atoms with Gasteiger partial charge in [-0.2, -0.15) is 5.10 Å². The third-order valence-electron chi connectivity index (χ3n) is 2.14. The Labute approximate surface area is 99.3 Å².